The Morgan fingerprint density at radius 1 is 0.947 bits per heavy atom. The minimum atomic E-state index is -0.442. The molecule has 2 aromatic rings. The molecule has 2 fully saturated rings. The normalized spacial score (nSPS) is 23.4. The number of anilines is 1. The lowest BCUT2D eigenvalue weighted by molar-refractivity contribution is -0.137. The highest BCUT2D eigenvalue weighted by atomic mass is 16.6. The van der Waals surface area contributed by atoms with Gasteiger partial charge in [-0.25, -0.2) is 0 Å². The first kappa shape index (κ1) is 24.8. The third-order valence-electron chi connectivity index (χ3n) is 8.51. The van der Waals surface area contributed by atoms with Crippen molar-refractivity contribution in [2.75, 3.05) is 38.2 Å². The first-order valence-electron chi connectivity index (χ1n) is 13.9. The van der Waals surface area contributed by atoms with Crippen LogP contribution in [-0.2, 0) is 4.79 Å². The average Bonchev–Trinajstić information content (AvgIpc) is 3.21. The number of benzene rings is 2. The molecule has 0 aromatic heterocycles. The number of carbonyl (C=O) groups excluding carboxylic acids is 3. The molecule has 8 heteroatoms. The van der Waals surface area contributed by atoms with E-state index >= 15 is 0 Å². The largest absolute Gasteiger partial charge is 0.486 e. The molecule has 0 bridgehead atoms. The number of amides is 3. The van der Waals surface area contributed by atoms with Crippen LogP contribution in [0.5, 0.6) is 11.5 Å². The minimum absolute atomic E-state index is 0.109. The van der Waals surface area contributed by atoms with Crippen molar-refractivity contribution in [3.63, 3.8) is 0 Å². The van der Waals surface area contributed by atoms with Crippen molar-refractivity contribution in [2.45, 2.75) is 57.1 Å². The van der Waals surface area contributed by atoms with E-state index in [1.165, 1.54) is 24.2 Å². The first-order chi connectivity index (χ1) is 18.5. The fraction of sp³-hybridized carbons (Fsp3) is 0.500. The second-order valence-corrected chi connectivity index (χ2v) is 10.9. The average molecular weight is 518 g/mol. The molecule has 3 amide bonds. The molecular weight excluding hydrogens is 482 g/mol. The second kappa shape index (κ2) is 10.3. The number of fused-ring (bicyclic) bond motifs is 2. The van der Waals surface area contributed by atoms with Gasteiger partial charge in [0.2, 0.25) is 5.91 Å². The van der Waals surface area contributed by atoms with E-state index < -0.39 is 6.10 Å². The molecule has 0 unspecified atom stereocenters. The molecule has 1 saturated heterocycles. The summed E-state index contributed by atoms with van der Waals surface area (Å²) in [6.45, 7) is 1.70. The van der Waals surface area contributed by atoms with E-state index in [0.717, 1.165) is 37.9 Å². The monoisotopic (exact) mass is 517 g/mol. The van der Waals surface area contributed by atoms with E-state index in [1.54, 1.807) is 6.07 Å². The van der Waals surface area contributed by atoms with E-state index in [-0.39, 0.29) is 36.8 Å². The number of nitrogens with zero attached hydrogens (tertiary/aromatic N) is 3. The van der Waals surface area contributed by atoms with Gasteiger partial charge in [-0.1, -0.05) is 37.5 Å². The van der Waals surface area contributed by atoms with Gasteiger partial charge in [0.15, 0.2) is 17.6 Å². The Morgan fingerprint density at radius 3 is 2.55 bits per heavy atom. The summed E-state index contributed by atoms with van der Waals surface area (Å²) in [5.74, 6) is 0.752. The molecule has 200 valence electrons. The van der Waals surface area contributed by atoms with Crippen molar-refractivity contribution in [3.05, 3.63) is 53.6 Å². The summed E-state index contributed by atoms with van der Waals surface area (Å²) < 4.78 is 11.8. The minimum Gasteiger partial charge on any atom is -0.486 e. The molecule has 2 atom stereocenters. The van der Waals surface area contributed by atoms with Gasteiger partial charge in [0.25, 0.3) is 11.8 Å². The first-order valence-corrected chi connectivity index (χ1v) is 13.9. The molecule has 3 aliphatic heterocycles. The summed E-state index contributed by atoms with van der Waals surface area (Å²) in [6.07, 6.45) is 7.07. The van der Waals surface area contributed by atoms with E-state index in [2.05, 4.69) is 4.90 Å². The lowest BCUT2D eigenvalue weighted by atomic mass is 9.91. The van der Waals surface area contributed by atoms with Crippen LogP contribution in [0, 0.1) is 5.92 Å². The molecule has 0 radical (unpaired) electrons. The van der Waals surface area contributed by atoms with Crippen LogP contribution in [0.4, 0.5) is 5.69 Å². The molecule has 1 aliphatic carbocycles. The number of imide groups is 1. The maximum Gasteiger partial charge on any atom is 0.263 e. The quantitative estimate of drug-likeness (QED) is 0.555. The van der Waals surface area contributed by atoms with Gasteiger partial charge in [0, 0.05) is 26.2 Å². The van der Waals surface area contributed by atoms with Gasteiger partial charge < -0.3 is 19.3 Å². The Morgan fingerprint density at radius 2 is 1.74 bits per heavy atom. The van der Waals surface area contributed by atoms with Crippen molar-refractivity contribution in [2.24, 2.45) is 5.92 Å². The fourth-order valence-electron chi connectivity index (χ4n) is 6.44. The van der Waals surface area contributed by atoms with Gasteiger partial charge in [0.1, 0.15) is 6.61 Å². The summed E-state index contributed by atoms with van der Waals surface area (Å²) in [6, 6.07) is 13.2. The summed E-state index contributed by atoms with van der Waals surface area (Å²) in [5, 5.41) is 0. The summed E-state index contributed by atoms with van der Waals surface area (Å²) in [4.78, 5) is 45.8. The zero-order valence-electron chi connectivity index (χ0n) is 21.9. The number of hydrogen-bond acceptors (Lipinski definition) is 6. The van der Waals surface area contributed by atoms with Gasteiger partial charge in [-0.2, -0.15) is 0 Å². The molecular formula is C30H35N3O5. The van der Waals surface area contributed by atoms with Crippen molar-refractivity contribution in [1.29, 1.82) is 0 Å². The molecule has 6 rings (SSSR count). The Labute approximate surface area is 223 Å². The number of piperidine rings is 1. The van der Waals surface area contributed by atoms with Crippen molar-refractivity contribution in [3.8, 4) is 11.5 Å². The summed E-state index contributed by atoms with van der Waals surface area (Å²) >= 11 is 0. The Bertz CT molecular complexity index is 1240. The Kier molecular flexibility index (Phi) is 6.72. The molecule has 1 saturated carbocycles. The second-order valence-electron chi connectivity index (χ2n) is 10.9. The highest BCUT2D eigenvalue weighted by Gasteiger charge is 2.41. The Hall–Kier alpha value is -3.55. The van der Waals surface area contributed by atoms with Gasteiger partial charge in [0.05, 0.1) is 29.3 Å². The van der Waals surface area contributed by atoms with E-state index in [9.17, 15) is 14.4 Å². The highest BCUT2D eigenvalue weighted by molar-refractivity contribution is 6.23. The molecule has 3 heterocycles. The van der Waals surface area contributed by atoms with E-state index in [4.69, 9.17) is 9.47 Å². The number of ether oxygens (including phenoxy) is 2. The van der Waals surface area contributed by atoms with Crippen LogP contribution in [0.2, 0.25) is 0 Å². The number of hydrogen-bond donors (Lipinski definition) is 0. The van der Waals surface area contributed by atoms with Crippen LogP contribution in [0.15, 0.2) is 42.5 Å². The number of carbonyl (C=O) groups is 3. The fourth-order valence-corrected chi connectivity index (χ4v) is 6.44. The lowest BCUT2D eigenvalue weighted by Gasteiger charge is -2.38. The van der Waals surface area contributed by atoms with Gasteiger partial charge >= 0.3 is 0 Å². The highest BCUT2D eigenvalue weighted by Crippen LogP contribution is 2.36. The SMILES string of the molecule is CN(C(=O)[C@@H]1CCCN(c2cccc3c2C(=O)N(C[C@@H]2COc4ccccc4O2)C3=O)C1)C1CCCCC1. The van der Waals surface area contributed by atoms with E-state index in [0.29, 0.717) is 35.2 Å². The lowest BCUT2D eigenvalue weighted by Crippen LogP contribution is -2.47. The van der Waals surface area contributed by atoms with Gasteiger partial charge in [-0.3, -0.25) is 19.3 Å². The summed E-state index contributed by atoms with van der Waals surface area (Å²) in [5.41, 5.74) is 1.59. The number of para-hydroxylation sites is 2. The van der Waals surface area contributed by atoms with Crippen molar-refractivity contribution >= 4 is 23.4 Å². The molecule has 2 aromatic carbocycles. The molecule has 0 N–H and O–H groups in total. The smallest absolute Gasteiger partial charge is 0.263 e. The zero-order valence-corrected chi connectivity index (χ0v) is 21.9. The Balaban J connectivity index is 1.17. The third kappa shape index (κ3) is 4.50. The topological polar surface area (TPSA) is 79.4 Å². The van der Waals surface area contributed by atoms with Crippen LogP contribution >= 0.6 is 0 Å². The zero-order chi connectivity index (χ0) is 26.2. The van der Waals surface area contributed by atoms with Gasteiger partial charge in [-0.05, 0) is 49.9 Å². The standard InChI is InChI=1S/C30H35N3O5/c1-31(21-10-3-2-4-11-21)28(34)20-9-8-16-32(17-20)24-13-7-12-23-27(24)30(36)33(29(23)35)18-22-19-37-25-14-5-6-15-26(25)38-22/h5-7,12-15,20-22H,2-4,8-11,16-19H2,1H3/t20-,22-/m1/s1. The number of rotatable bonds is 5. The summed E-state index contributed by atoms with van der Waals surface area (Å²) in [7, 11) is 1.95. The van der Waals surface area contributed by atoms with Crippen LogP contribution < -0.4 is 14.4 Å². The van der Waals surface area contributed by atoms with Crippen LogP contribution in [-0.4, -0.2) is 73.0 Å². The molecule has 0 spiro atoms. The predicted molar refractivity (Wildman–Crippen MR) is 143 cm³/mol. The maximum atomic E-state index is 13.6. The van der Waals surface area contributed by atoms with Crippen LogP contribution in [0.1, 0.15) is 65.7 Å². The van der Waals surface area contributed by atoms with Crippen molar-refractivity contribution < 1.29 is 23.9 Å². The third-order valence-corrected chi connectivity index (χ3v) is 8.51. The molecule has 4 aliphatic rings. The van der Waals surface area contributed by atoms with Gasteiger partial charge in [-0.15, -0.1) is 0 Å². The van der Waals surface area contributed by atoms with Crippen LogP contribution in [0.25, 0.3) is 0 Å². The molecule has 38 heavy (non-hydrogen) atoms. The van der Waals surface area contributed by atoms with E-state index in [1.807, 2.05) is 48.3 Å². The maximum absolute atomic E-state index is 13.6. The van der Waals surface area contributed by atoms with Crippen molar-refractivity contribution in [1.82, 2.24) is 9.80 Å². The predicted octanol–water partition coefficient (Wildman–Crippen LogP) is 4.13. The molecule has 8 nitrogen and oxygen atoms in total. The van der Waals surface area contributed by atoms with Crippen LogP contribution in [0.3, 0.4) is 0 Å².